The van der Waals surface area contributed by atoms with E-state index in [9.17, 15) is 13.6 Å². The Morgan fingerprint density at radius 2 is 2.14 bits per heavy atom. The fraction of sp³-hybridized carbons (Fsp3) is 0.143. The summed E-state index contributed by atoms with van der Waals surface area (Å²) in [5, 5.41) is -1.32. The first-order valence-electron chi connectivity index (χ1n) is 3.37. The Labute approximate surface area is 87.8 Å². The number of rotatable bonds is 2. The molecule has 1 aromatic heterocycles. The van der Waals surface area contributed by atoms with Crippen molar-refractivity contribution < 1.29 is 13.6 Å². The minimum Gasteiger partial charge on any atom is -0.396 e. The number of aromatic nitrogens is 1. The molecule has 1 heterocycles. The van der Waals surface area contributed by atoms with Gasteiger partial charge in [0.2, 0.25) is 0 Å². The van der Waals surface area contributed by atoms with E-state index >= 15 is 0 Å². The fourth-order valence-corrected chi connectivity index (χ4v) is 1.21. The van der Waals surface area contributed by atoms with E-state index in [1.807, 2.05) is 0 Å². The molecular formula is C7H4Cl2F2N2O. The molecule has 0 radical (unpaired) electrons. The molecule has 0 saturated carbocycles. The Morgan fingerprint density at radius 1 is 1.57 bits per heavy atom. The highest BCUT2D eigenvalue weighted by Gasteiger charge is 2.22. The SMILES string of the molecule is Nc1c(Cl)ncc(C(=O)Cl)c1C(F)F. The van der Waals surface area contributed by atoms with E-state index in [1.165, 1.54) is 0 Å². The minimum atomic E-state index is -2.92. The van der Waals surface area contributed by atoms with Crippen LogP contribution in [0, 0.1) is 0 Å². The normalized spacial score (nSPS) is 10.6. The molecular weight excluding hydrogens is 237 g/mol. The average molecular weight is 241 g/mol. The molecule has 0 aliphatic carbocycles. The van der Waals surface area contributed by atoms with Crippen LogP contribution >= 0.6 is 23.2 Å². The summed E-state index contributed by atoms with van der Waals surface area (Å²) in [5.41, 5.74) is 3.71. The number of carbonyl (C=O) groups is 1. The lowest BCUT2D eigenvalue weighted by atomic mass is 10.1. The van der Waals surface area contributed by atoms with Crippen LogP contribution in [0.15, 0.2) is 6.20 Å². The van der Waals surface area contributed by atoms with Crippen molar-refractivity contribution in [3.05, 3.63) is 22.5 Å². The van der Waals surface area contributed by atoms with Gasteiger partial charge in [0.1, 0.15) is 0 Å². The van der Waals surface area contributed by atoms with Gasteiger partial charge in [0.15, 0.2) is 5.15 Å². The zero-order valence-electron chi connectivity index (χ0n) is 6.60. The summed E-state index contributed by atoms with van der Waals surface area (Å²) in [6, 6.07) is 0. The van der Waals surface area contributed by atoms with Gasteiger partial charge in [-0.05, 0) is 11.6 Å². The molecule has 0 saturated heterocycles. The van der Waals surface area contributed by atoms with Crippen LogP contribution in [-0.4, -0.2) is 10.2 Å². The number of nitrogens with zero attached hydrogens (tertiary/aromatic N) is 1. The van der Waals surface area contributed by atoms with Crippen molar-refractivity contribution >= 4 is 34.1 Å². The third-order valence-corrected chi connectivity index (χ3v) is 2.04. The van der Waals surface area contributed by atoms with Crippen molar-refractivity contribution in [2.24, 2.45) is 0 Å². The molecule has 7 heteroatoms. The van der Waals surface area contributed by atoms with Gasteiger partial charge in [-0.3, -0.25) is 4.79 Å². The minimum absolute atomic E-state index is 0.276. The lowest BCUT2D eigenvalue weighted by Gasteiger charge is -2.08. The van der Waals surface area contributed by atoms with Gasteiger partial charge in [0.05, 0.1) is 16.8 Å². The Hall–Kier alpha value is -0.940. The summed E-state index contributed by atoms with van der Waals surface area (Å²) in [7, 11) is 0. The van der Waals surface area contributed by atoms with E-state index in [2.05, 4.69) is 4.98 Å². The van der Waals surface area contributed by atoms with Crippen molar-refractivity contribution in [2.45, 2.75) is 6.43 Å². The number of nitrogen functional groups attached to an aromatic ring is 1. The van der Waals surface area contributed by atoms with E-state index in [0.29, 0.717) is 0 Å². The molecule has 3 nitrogen and oxygen atoms in total. The largest absolute Gasteiger partial charge is 0.396 e. The number of nitrogens with two attached hydrogens (primary N) is 1. The van der Waals surface area contributed by atoms with Crippen molar-refractivity contribution in [3.63, 3.8) is 0 Å². The predicted molar refractivity (Wildman–Crippen MR) is 48.8 cm³/mol. The van der Waals surface area contributed by atoms with Gasteiger partial charge in [0.25, 0.3) is 11.7 Å². The molecule has 76 valence electrons. The van der Waals surface area contributed by atoms with Gasteiger partial charge in [-0.2, -0.15) is 0 Å². The summed E-state index contributed by atoms with van der Waals surface area (Å²) < 4.78 is 24.9. The van der Waals surface area contributed by atoms with E-state index in [4.69, 9.17) is 28.9 Å². The first kappa shape index (κ1) is 11.1. The highest BCUT2D eigenvalue weighted by atomic mass is 35.5. The molecule has 0 bridgehead atoms. The Bertz CT molecular complexity index is 384. The monoisotopic (exact) mass is 240 g/mol. The second-order valence-electron chi connectivity index (χ2n) is 2.36. The molecule has 0 aliphatic heterocycles. The van der Waals surface area contributed by atoms with E-state index in [-0.39, 0.29) is 5.15 Å². The molecule has 1 rings (SSSR count). The maximum absolute atomic E-state index is 12.5. The van der Waals surface area contributed by atoms with Crippen molar-refractivity contribution in [2.75, 3.05) is 5.73 Å². The standard InChI is InChI=1S/C7H4Cl2F2N2O/c8-5-4(12)3(7(10)11)2(1-13-5)6(9)14/h1,7H,12H2. The summed E-state index contributed by atoms with van der Waals surface area (Å²) in [5.74, 6) is 0. The van der Waals surface area contributed by atoms with Crippen molar-refractivity contribution in [1.29, 1.82) is 0 Å². The summed E-state index contributed by atoms with van der Waals surface area (Å²) >= 11 is 10.5. The summed E-state index contributed by atoms with van der Waals surface area (Å²) in [6.07, 6.45) is -2.05. The van der Waals surface area contributed by atoms with Crippen molar-refractivity contribution in [1.82, 2.24) is 4.98 Å². The average Bonchev–Trinajstić information content (AvgIpc) is 2.08. The van der Waals surface area contributed by atoms with Crippen LogP contribution in [0.2, 0.25) is 5.15 Å². The first-order valence-corrected chi connectivity index (χ1v) is 4.12. The van der Waals surface area contributed by atoms with Crippen LogP contribution in [0.4, 0.5) is 14.5 Å². The fourth-order valence-electron chi connectivity index (χ4n) is 0.908. The van der Waals surface area contributed by atoms with Crippen LogP contribution < -0.4 is 5.73 Å². The van der Waals surface area contributed by atoms with Crippen molar-refractivity contribution in [3.8, 4) is 0 Å². The Balaban J connectivity index is 3.45. The molecule has 0 fully saturated rings. The third-order valence-electron chi connectivity index (χ3n) is 1.54. The quantitative estimate of drug-likeness (QED) is 0.639. The number of alkyl halides is 2. The van der Waals surface area contributed by atoms with Gasteiger partial charge in [-0.15, -0.1) is 0 Å². The van der Waals surface area contributed by atoms with Crippen LogP contribution in [-0.2, 0) is 0 Å². The molecule has 0 aliphatic rings. The molecule has 1 aromatic rings. The number of halogens is 4. The number of hydrogen-bond acceptors (Lipinski definition) is 3. The van der Waals surface area contributed by atoms with Crippen LogP contribution in [0.3, 0.4) is 0 Å². The van der Waals surface area contributed by atoms with Crippen LogP contribution in [0.25, 0.3) is 0 Å². The number of anilines is 1. The van der Waals surface area contributed by atoms with Gasteiger partial charge < -0.3 is 5.73 Å². The summed E-state index contributed by atoms with van der Waals surface area (Å²) in [4.78, 5) is 14.2. The molecule has 14 heavy (non-hydrogen) atoms. The maximum atomic E-state index is 12.5. The molecule has 0 aromatic carbocycles. The number of carbonyl (C=O) groups excluding carboxylic acids is 1. The van der Waals surface area contributed by atoms with E-state index in [1.54, 1.807) is 0 Å². The molecule has 2 N–H and O–H groups in total. The third kappa shape index (κ3) is 1.93. The molecule has 0 amide bonds. The van der Waals surface area contributed by atoms with Gasteiger partial charge in [0, 0.05) is 6.20 Å². The predicted octanol–water partition coefficient (Wildman–Crippen LogP) is 2.63. The highest BCUT2D eigenvalue weighted by Crippen LogP contribution is 2.32. The Morgan fingerprint density at radius 3 is 2.57 bits per heavy atom. The maximum Gasteiger partial charge on any atom is 0.266 e. The first-order chi connectivity index (χ1) is 6.45. The lowest BCUT2D eigenvalue weighted by Crippen LogP contribution is -2.05. The molecule has 0 unspecified atom stereocenters. The number of pyridine rings is 1. The second-order valence-corrected chi connectivity index (χ2v) is 3.07. The zero-order chi connectivity index (χ0) is 10.9. The zero-order valence-corrected chi connectivity index (χ0v) is 8.11. The van der Waals surface area contributed by atoms with E-state index in [0.717, 1.165) is 6.20 Å². The Kier molecular flexibility index (Phi) is 3.23. The molecule has 0 spiro atoms. The van der Waals surface area contributed by atoms with Gasteiger partial charge in [-0.1, -0.05) is 11.6 Å². The topological polar surface area (TPSA) is 56.0 Å². The van der Waals surface area contributed by atoms with Gasteiger partial charge in [-0.25, -0.2) is 13.8 Å². The summed E-state index contributed by atoms with van der Waals surface area (Å²) in [6.45, 7) is 0. The van der Waals surface area contributed by atoms with E-state index < -0.39 is 28.5 Å². The lowest BCUT2D eigenvalue weighted by molar-refractivity contribution is 0.106. The smallest absolute Gasteiger partial charge is 0.266 e. The molecule has 0 atom stereocenters. The van der Waals surface area contributed by atoms with Gasteiger partial charge >= 0.3 is 0 Å². The van der Waals surface area contributed by atoms with Crippen LogP contribution in [0.1, 0.15) is 22.3 Å². The van der Waals surface area contributed by atoms with Crippen LogP contribution in [0.5, 0.6) is 0 Å². The highest BCUT2D eigenvalue weighted by molar-refractivity contribution is 6.68. The number of hydrogen-bond donors (Lipinski definition) is 1. The second kappa shape index (κ2) is 4.06.